The number of methoxy groups -OCH3 is 1. The molecular weight excluding hydrogens is 278 g/mol. The Kier molecular flexibility index (Phi) is 4.05. The van der Waals surface area contributed by atoms with Crippen LogP contribution < -0.4 is 10.1 Å². The largest absolute Gasteiger partial charge is 0.497 e. The summed E-state index contributed by atoms with van der Waals surface area (Å²) >= 11 is 0. The molecule has 2 aromatic heterocycles. The first-order valence-corrected chi connectivity index (χ1v) is 7.07. The maximum absolute atomic E-state index is 12.1. The van der Waals surface area contributed by atoms with Crippen molar-refractivity contribution in [2.24, 2.45) is 0 Å². The number of nitrogens with zero attached hydrogens (tertiary/aromatic N) is 1. The van der Waals surface area contributed by atoms with E-state index in [-0.39, 0.29) is 5.91 Å². The Balaban J connectivity index is 1.60. The minimum absolute atomic E-state index is 0.0134. The van der Waals surface area contributed by atoms with Crippen molar-refractivity contribution in [1.29, 1.82) is 0 Å². The van der Waals surface area contributed by atoms with Crippen molar-refractivity contribution in [2.45, 2.75) is 13.0 Å². The standard InChI is InChI=1S/C17H17N3O2/c1-22-14-6-4-12(5-7-14)10-19-16(21)9-13-11-20-17-15(13)3-2-8-18-17/h2-8,11H,9-10H2,1H3,(H,18,20)(H,19,21). The van der Waals surface area contributed by atoms with Crippen LogP contribution in [0.15, 0.2) is 48.8 Å². The molecule has 0 radical (unpaired) electrons. The first-order valence-electron chi connectivity index (χ1n) is 7.07. The van der Waals surface area contributed by atoms with Gasteiger partial charge in [0.2, 0.25) is 5.91 Å². The zero-order chi connectivity index (χ0) is 15.4. The van der Waals surface area contributed by atoms with Crippen LogP contribution in [0.5, 0.6) is 5.75 Å². The highest BCUT2D eigenvalue weighted by Gasteiger charge is 2.09. The van der Waals surface area contributed by atoms with Crippen LogP contribution >= 0.6 is 0 Å². The third kappa shape index (κ3) is 3.09. The lowest BCUT2D eigenvalue weighted by Crippen LogP contribution is -2.24. The second-order valence-corrected chi connectivity index (χ2v) is 5.02. The Morgan fingerprint density at radius 3 is 2.86 bits per heavy atom. The SMILES string of the molecule is COc1ccc(CNC(=O)Cc2c[nH]c3ncccc23)cc1. The van der Waals surface area contributed by atoms with E-state index >= 15 is 0 Å². The minimum Gasteiger partial charge on any atom is -0.497 e. The third-order valence-corrected chi connectivity index (χ3v) is 3.54. The van der Waals surface area contributed by atoms with E-state index in [0.29, 0.717) is 13.0 Å². The summed E-state index contributed by atoms with van der Waals surface area (Å²) in [7, 11) is 1.63. The number of hydrogen-bond donors (Lipinski definition) is 2. The number of benzene rings is 1. The molecule has 22 heavy (non-hydrogen) atoms. The van der Waals surface area contributed by atoms with Crippen molar-refractivity contribution < 1.29 is 9.53 Å². The number of ether oxygens (including phenoxy) is 1. The first-order chi connectivity index (χ1) is 10.8. The first kappa shape index (κ1) is 14.1. The van der Waals surface area contributed by atoms with Crippen LogP contribution in [0.25, 0.3) is 11.0 Å². The molecule has 0 aliphatic carbocycles. The number of carbonyl (C=O) groups excluding carboxylic acids is 1. The predicted molar refractivity (Wildman–Crippen MR) is 84.6 cm³/mol. The van der Waals surface area contributed by atoms with Gasteiger partial charge >= 0.3 is 0 Å². The molecule has 0 unspecified atom stereocenters. The van der Waals surface area contributed by atoms with E-state index < -0.39 is 0 Å². The van der Waals surface area contributed by atoms with Gasteiger partial charge in [0.15, 0.2) is 0 Å². The Hall–Kier alpha value is -2.82. The second kappa shape index (κ2) is 6.30. The van der Waals surface area contributed by atoms with Crippen molar-refractivity contribution in [1.82, 2.24) is 15.3 Å². The summed E-state index contributed by atoms with van der Waals surface area (Å²) < 4.78 is 5.11. The van der Waals surface area contributed by atoms with Crippen LogP contribution in [0, 0.1) is 0 Å². The van der Waals surface area contributed by atoms with Gasteiger partial charge in [-0.2, -0.15) is 0 Å². The van der Waals surface area contributed by atoms with Crippen molar-refractivity contribution in [2.75, 3.05) is 7.11 Å². The molecule has 2 N–H and O–H groups in total. The van der Waals surface area contributed by atoms with Gasteiger partial charge in [-0.25, -0.2) is 4.98 Å². The van der Waals surface area contributed by atoms with Gasteiger partial charge < -0.3 is 15.0 Å². The van der Waals surface area contributed by atoms with E-state index in [1.54, 1.807) is 13.3 Å². The molecule has 0 aliphatic heterocycles. The molecule has 0 fully saturated rings. The molecule has 112 valence electrons. The summed E-state index contributed by atoms with van der Waals surface area (Å²) in [6, 6.07) is 11.5. The fourth-order valence-electron chi connectivity index (χ4n) is 2.34. The minimum atomic E-state index is -0.0134. The molecule has 3 aromatic rings. The summed E-state index contributed by atoms with van der Waals surface area (Å²) in [5.41, 5.74) is 2.80. The molecular formula is C17H17N3O2. The third-order valence-electron chi connectivity index (χ3n) is 3.54. The summed E-state index contributed by atoms with van der Waals surface area (Å²) in [5, 5.41) is 3.91. The number of aromatic amines is 1. The molecule has 0 atom stereocenters. The van der Waals surface area contributed by atoms with Crippen LogP contribution in [-0.2, 0) is 17.8 Å². The zero-order valence-electron chi connectivity index (χ0n) is 12.3. The monoisotopic (exact) mass is 295 g/mol. The maximum Gasteiger partial charge on any atom is 0.224 e. The number of rotatable bonds is 5. The van der Waals surface area contributed by atoms with Crippen LogP contribution in [0.2, 0.25) is 0 Å². The van der Waals surface area contributed by atoms with Crippen LogP contribution in [0.1, 0.15) is 11.1 Å². The number of hydrogen-bond acceptors (Lipinski definition) is 3. The van der Waals surface area contributed by atoms with Crippen molar-refractivity contribution in [3.63, 3.8) is 0 Å². The van der Waals surface area contributed by atoms with E-state index in [4.69, 9.17) is 4.74 Å². The number of H-pyrrole nitrogens is 1. The summed E-state index contributed by atoms with van der Waals surface area (Å²) in [6.07, 6.45) is 3.90. The molecule has 1 aromatic carbocycles. The summed E-state index contributed by atoms with van der Waals surface area (Å²) in [6.45, 7) is 0.503. The highest BCUT2D eigenvalue weighted by molar-refractivity contribution is 5.87. The van der Waals surface area contributed by atoms with Crippen LogP contribution in [0.3, 0.4) is 0 Å². The second-order valence-electron chi connectivity index (χ2n) is 5.02. The van der Waals surface area contributed by atoms with Crippen LogP contribution in [0.4, 0.5) is 0 Å². The molecule has 1 amide bonds. The molecule has 5 heteroatoms. The molecule has 5 nitrogen and oxygen atoms in total. The van der Waals surface area contributed by atoms with E-state index in [1.165, 1.54) is 0 Å². The Morgan fingerprint density at radius 2 is 2.09 bits per heavy atom. The molecule has 3 rings (SSSR count). The van der Waals surface area contributed by atoms with Gasteiger partial charge in [0.05, 0.1) is 13.5 Å². The summed E-state index contributed by atoms with van der Waals surface area (Å²) in [4.78, 5) is 19.4. The van der Waals surface area contributed by atoms with Gasteiger partial charge in [0.25, 0.3) is 0 Å². The fourth-order valence-corrected chi connectivity index (χ4v) is 2.34. The quantitative estimate of drug-likeness (QED) is 0.759. The molecule has 0 spiro atoms. The van der Waals surface area contributed by atoms with Gasteiger partial charge in [-0.15, -0.1) is 0 Å². The summed E-state index contributed by atoms with van der Waals surface area (Å²) in [5.74, 6) is 0.793. The van der Waals surface area contributed by atoms with Crippen molar-refractivity contribution >= 4 is 16.9 Å². The lowest BCUT2D eigenvalue weighted by atomic mass is 10.1. The lowest BCUT2D eigenvalue weighted by Gasteiger charge is -2.06. The smallest absolute Gasteiger partial charge is 0.224 e. The topological polar surface area (TPSA) is 67.0 Å². The molecule has 0 saturated carbocycles. The normalized spacial score (nSPS) is 10.6. The number of carbonyl (C=O) groups is 1. The highest BCUT2D eigenvalue weighted by Crippen LogP contribution is 2.16. The van der Waals surface area contributed by atoms with Gasteiger partial charge in [0.1, 0.15) is 11.4 Å². The fraction of sp³-hybridized carbons (Fsp3) is 0.176. The Morgan fingerprint density at radius 1 is 1.27 bits per heavy atom. The van der Waals surface area contributed by atoms with E-state index in [0.717, 1.165) is 27.9 Å². The van der Waals surface area contributed by atoms with Gasteiger partial charge in [-0.3, -0.25) is 4.79 Å². The molecule has 0 bridgehead atoms. The average Bonchev–Trinajstić information content (AvgIpc) is 2.97. The van der Waals surface area contributed by atoms with E-state index in [2.05, 4.69) is 15.3 Å². The zero-order valence-corrected chi connectivity index (χ0v) is 12.3. The van der Waals surface area contributed by atoms with Gasteiger partial charge in [-0.1, -0.05) is 12.1 Å². The molecule has 0 saturated heterocycles. The Labute approximate surface area is 128 Å². The predicted octanol–water partition coefficient (Wildman–Crippen LogP) is 2.43. The maximum atomic E-state index is 12.1. The number of nitrogens with one attached hydrogen (secondary N) is 2. The van der Waals surface area contributed by atoms with E-state index in [1.807, 2.05) is 42.6 Å². The molecule has 0 aliphatic rings. The Bertz CT molecular complexity index is 778. The van der Waals surface area contributed by atoms with Crippen molar-refractivity contribution in [3.8, 4) is 5.75 Å². The van der Waals surface area contributed by atoms with Gasteiger partial charge in [-0.05, 0) is 35.4 Å². The number of amides is 1. The lowest BCUT2D eigenvalue weighted by molar-refractivity contribution is -0.120. The van der Waals surface area contributed by atoms with Crippen molar-refractivity contribution in [3.05, 3.63) is 59.9 Å². The number of aromatic nitrogens is 2. The van der Waals surface area contributed by atoms with E-state index in [9.17, 15) is 4.79 Å². The molecule has 2 heterocycles. The average molecular weight is 295 g/mol. The number of fused-ring (bicyclic) bond motifs is 1. The van der Waals surface area contributed by atoms with Crippen LogP contribution in [-0.4, -0.2) is 23.0 Å². The van der Waals surface area contributed by atoms with Gasteiger partial charge in [0, 0.05) is 24.3 Å². The number of pyridine rings is 1. The highest BCUT2D eigenvalue weighted by atomic mass is 16.5.